The van der Waals surface area contributed by atoms with Crippen LogP contribution in [0.4, 0.5) is 0 Å². The molecular formula is C19H33NO2. The normalized spacial score (nSPS) is 42.5. The smallest absolute Gasteiger partial charge is 0.220 e. The second kappa shape index (κ2) is 5.51. The lowest BCUT2D eigenvalue weighted by Gasteiger charge is -2.53. The summed E-state index contributed by atoms with van der Waals surface area (Å²) in [5.41, 5.74) is 0.512. The molecule has 3 rings (SSSR count). The van der Waals surface area contributed by atoms with Gasteiger partial charge in [-0.25, -0.2) is 0 Å². The Morgan fingerprint density at radius 3 is 2.73 bits per heavy atom. The minimum Gasteiger partial charge on any atom is -0.378 e. The lowest BCUT2D eigenvalue weighted by molar-refractivity contribution is -0.136. The fourth-order valence-corrected chi connectivity index (χ4v) is 5.90. The molecule has 0 aromatic heterocycles. The Morgan fingerprint density at radius 2 is 2.09 bits per heavy atom. The summed E-state index contributed by atoms with van der Waals surface area (Å²) in [7, 11) is 0. The van der Waals surface area contributed by atoms with E-state index >= 15 is 0 Å². The summed E-state index contributed by atoms with van der Waals surface area (Å²) in [5, 5.41) is 3.47. The first-order chi connectivity index (χ1) is 10.3. The minimum absolute atomic E-state index is 0.221. The van der Waals surface area contributed by atoms with Crippen molar-refractivity contribution >= 4 is 5.91 Å². The number of amides is 1. The molecule has 1 amide bonds. The first kappa shape index (κ1) is 16.3. The Morgan fingerprint density at radius 1 is 1.36 bits per heavy atom. The first-order valence-electron chi connectivity index (χ1n) is 9.22. The molecule has 2 bridgehead atoms. The molecule has 3 nitrogen and oxygen atoms in total. The third-order valence-electron chi connectivity index (χ3n) is 6.92. The lowest BCUT2D eigenvalue weighted by atomic mass is 9.59. The van der Waals surface area contributed by atoms with E-state index in [1.807, 2.05) is 0 Å². The summed E-state index contributed by atoms with van der Waals surface area (Å²) >= 11 is 0. The Kier molecular flexibility index (Phi) is 4.08. The van der Waals surface area contributed by atoms with Crippen LogP contribution in [0.25, 0.3) is 0 Å². The van der Waals surface area contributed by atoms with Gasteiger partial charge < -0.3 is 10.1 Å². The van der Waals surface area contributed by atoms with Crippen molar-refractivity contribution < 1.29 is 9.53 Å². The number of rotatable bonds is 4. The summed E-state index contributed by atoms with van der Waals surface area (Å²) in [6.07, 6.45) is 5.86. The molecule has 22 heavy (non-hydrogen) atoms. The van der Waals surface area contributed by atoms with E-state index in [0.29, 0.717) is 35.8 Å². The van der Waals surface area contributed by atoms with E-state index in [0.717, 1.165) is 25.4 Å². The van der Waals surface area contributed by atoms with Gasteiger partial charge in [-0.15, -0.1) is 0 Å². The van der Waals surface area contributed by atoms with Crippen LogP contribution in [0.5, 0.6) is 0 Å². The quantitative estimate of drug-likeness (QED) is 0.858. The van der Waals surface area contributed by atoms with Crippen molar-refractivity contribution in [2.45, 2.75) is 78.9 Å². The number of carbonyl (C=O) groups excluding carboxylic acids is 1. The van der Waals surface area contributed by atoms with Crippen molar-refractivity contribution in [3.05, 3.63) is 0 Å². The Bertz CT molecular complexity index is 445. The van der Waals surface area contributed by atoms with Crippen molar-refractivity contribution in [2.24, 2.45) is 28.6 Å². The highest BCUT2D eigenvalue weighted by molar-refractivity contribution is 5.76. The van der Waals surface area contributed by atoms with Crippen molar-refractivity contribution in [3.63, 3.8) is 0 Å². The van der Waals surface area contributed by atoms with Gasteiger partial charge in [-0.3, -0.25) is 4.79 Å². The van der Waals surface area contributed by atoms with Crippen LogP contribution in [0.3, 0.4) is 0 Å². The number of hydrogen-bond donors (Lipinski definition) is 1. The molecule has 1 aliphatic heterocycles. The van der Waals surface area contributed by atoms with Gasteiger partial charge >= 0.3 is 0 Å². The van der Waals surface area contributed by atoms with Crippen molar-refractivity contribution in [1.82, 2.24) is 5.32 Å². The van der Waals surface area contributed by atoms with Crippen LogP contribution in [0.15, 0.2) is 0 Å². The largest absolute Gasteiger partial charge is 0.378 e. The molecule has 1 N–H and O–H groups in total. The second-order valence-electron chi connectivity index (χ2n) is 8.96. The Balaban J connectivity index is 1.85. The molecular weight excluding hydrogens is 274 g/mol. The lowest BCUT2D eigenvalue weighted by Crippen LogP contribution is -2.60. The molecule has 1 spiro atoms. The molecule has 3 fully saturated rings. The van der Waals surface area contributed by atoms with Gasteiger partial charge in [-0.05, 0) is 54.3 Å². The number of nitrogens with one attached hydrogen (secondary N) is 1. The predicted octanol–water partition coefficient (Wildman–Crippen LogP) is 3.77. The van der Waals surface area contributed by atoms with Gasteiger partial charge in [0.05, 0.1) is 6.10 Å². The third kappa shape index (κ3) is 2.31. The third-order valence-corrected chi connectivity index (χ3v) is 6.92. The van der Waals surface area contributed by atoms with Crippen LogP contribution < -0.4 is 5.32 Å². The molecule has 0 aromatic rings. The van der Waals surface area contributed by atoms with E-state index < -0.39 is 0 Å². The van der Waals surface area contributed by atoms with Crippen LogP contribution in [0.2, 0.25) is 0 Å². The molecule has 0 aromatic carbocycles. The van der Waals surface area contributed by atoms with Gasteiger partial charge in [0.25, 0.3) is 0 Å². The summed E-state index contributed by atoms with van der Waals surface area (Å²) in [5.74, 6) is 2.05. The van der Waals surface area contributed by atoms with Crippen LogP contribution in [-0.2, 0) is 9.53 Å². The van der Waals surface area contributed by atoms with Gasteiger partial charge in [0.15, 0.2) is 0 Å². The fourth-order valence-electron chi connectivity index (χ4n) is 5.90. The molecule has 5 atom stereocenters. The average Bonchev–Trinajstić information content (AvgIpc) is 2.91. The van der Waals surface area contributed by atoms with Crippen molar-refractivity contribution in [2.75, 3.05) is 6.61 Å². The topological polar surface area (TPSA) is 38.3 Å². The van der Waals surface area contributed by atoms with E-state index in [4.69, 9.17) is 4.74 Å². The SMILES string of the molecule is CC[C@H]1OCCC23C[C@@H](C[C@H]12)C(C)(C)[C@@H]3NC(=O)CC(C)C. The zero-order valence-electron chi connectivity index (χ0n) is 14.9. The molecule has 3 aliphatic rings. The highest BCUT2D eigenvalue weighted by atomic mass is 16.5. The summed E-state index contributed by atoms with van der Waals surface area (Å²) in [4.78, 5) is 12.5. The van der Waals surface area contributed by atoms with E-state index in [1.54, 1.807) is 0 Å². The zero-order valence-corrected chi connectivity index (χ0v) is 14.9. The average molecular weight is 307 g/mol. The standard InChI is InChI=1S/C19H33NO2/c1-6-15-14-10-13-11-19(14,7-8-22-15)17(18(13,4)5)20-16(21)9-12(2)3/h12-15,17H,6-11H2,1-5H3,(H,20,21)/t13-,14-,15-,17+,19?/m1/s1. The number of fused-ring (bicyclic) bond motifs is 1. The molecule has 0 radical (unpaired) electrons. The van der Waals surface area contributed by atoms with E-state index in [1.165, 1.54) is 12.8 Å². The highest BCUT2D eigenvalue weighted by Gasteiger charge is 2.68. The van der Waals surface area contributed by atoms with Crippen LogP contribution in [-0.4, -0.2) is 24.7 Å². The summed E-state index contributed by atoms with van der Waals surface area (Å²) in [6.45, 7) is 12.1. The number of hydrogen-bond acceptors (Lipinski definition) is 2. The maximum atomic E-state index is 12.5. The maximum Gasteiger partial charge on any atom is 0.220 e. The van der Waals surface area contributed by atoms with Gasteiger partial charge in [-0.2, -0.15) is 0 Å². The van der Waals surface area contributed by atoms with Gasteiger partial charge in [0.1, 0.15) is 0 Å². The van der Waals surface area contributed by atoms with E-state index in [9.17, 15) is 4.79 Å². The van der Waals surface area contributed by atoms with Gasteiger partial charge in [0, 0.05) is 19.1 Å². The molecule has 1 unspecified atom stereocenters. The Labute approximate surface area is 135 Å². The maximum absolute atomic E-state index is 12.5. The first-order valence-corrected chi connectivity index (χ1v) is 9.22. The van der Waals surface area contributed by atoms with Crippen LogP contribution in [0, 0.1) is 28.6 Å². The van der Waals surface area contributed by atoms with Gasteiger partial charge in [0.2, 0.25) is 5.91 Å². The highest BCUT2D eigenvalue weighted by Crippen LogP contribution is 2.68. The van der Waals surface area contributed by atoms with E-state index in [2.05, 4.69) is 39.9 Å². The van der Waals surface area contributed by atoms with E-state index in [-0.39, 0.29) is 11.3 Å². The predicted molar refractivity (Wildman–Crippen MR) is 88.5 cm³/mol. The van der Waals surface area contributed by atoms with Gasteiger partial charge in [-0.1, -0.05) is 34.6 Å². The monoisotopic (exact) mass is 307 g/mol. The van der Waals surface area contributed by atoms with Crippen molar-refractivity contribution in [3.8, 4) is 0 Å². The summed E-state index contributed by atoms with van der Waals surface area (Å²) < 4.78 is 6.06. The van der Waals surface area contributed by atoms with Crippen molar-refractivity contribution in [1.29, 1.82) is 0 Å². The molecule has 2 saturated carbocycles. The fraction of sp³-hybridized carbons (Fsp3) is 0.947. The van der Waals surface area contributed by atoms with Crippen LogP contribution in [0.1, 0.15) is 66.7 Å². The number of ether oxygens (including phenoxy) is 1. The molecule has 2 aliphatic carbocycles. The molecule has 3 heteroatoms. The van der Waals surface area contributed by atoms with Crippen LogP contribution >= 0.6 is 0 Å². The Hall–Kier alpha value is -0.570. The minimum atomic E-state index is 0.221. The summed E-state index contributed by atoms with van der Waals surface area (Å²) in [6, 6.07) is 0.327. The molecule has 1 saturated heterocycles. The molecule has 126 valence electrons. The number of carbonyl (C=O) groups is 1. The second-order valence-corrected chi connectivity index (χ2v) is 8.96. The zero-order chi connectivity index (χ0) is 16.1. The molecule has 1 heterocycles.